The van der Waals surface area contributed by atoms with E-state index >= 15 is 0 Å². The molecule has 0 unspecified atom stereocenters. The molecule has 0 aliphatic carbocycles. The molecule has 2 rings (SSSR count). The summed E-state index contributed by atoms with van der Waals surface area (Å²) in [6.07, 6.45) is 0. The van der Waals surface area contributed by atoms with Gasteiger partial charge in [0.05, 0.1) is 5.56 Å². The Morgan fingerprint density at radius 3 is 2.63 bits per heavy atom. The molecule has 0 spiro atoms. The summed E-state index contributed by atoms with van der Waals surface area (Å²) in [4.78, 5) is 12.0. The number of aromatic hydroxyl groups is 2. The minimum absolute atomic E-state index is 0.0247. The van der Waals surface area contributed by atoms with Gasteiger partial charge in [-0.15, -0.1) is 0 Å². The summed E-state index contributed by atoms with van der Waals surface area (Å²) >= 11 is 3.38. The number of phenolic OH excluding ortho intramolecular Hbond substituents is 2. The lowest BCUT2D eigenvalue weighted by Gasteiger charge is -2.08. The fourth-order valence-corrected chi connectivity index (χ4v) is 1.96. The van der Waals surface area contributed by atoms with Crippen molar-refractivity contribution in [3.05, 3.63) is 52.0 Å². The Hall–Kier alpha value is -2.01. The Kier molecular flexibility index (Phi) is 3.76. The van der Waals surface area contributed by atoms with Crippen molar-refractivity contribution in [2.45, 2.75) is 6.92 Å². The van der Waals surface area contributed by atoms with E-state index in [0.29, 0.717) is 5.69 Å². The second-order valence-electron chi connectivity index (χ2n) is 4.09. The van der Waals surface area contributed by atoms with Gasteiger partial charge in [-0.1, -0.05) is 28.1 Å². The van der Waals surface area contributed by atoms with Crippen LogP contribution in [-0.4, -0.2) is 16.1 Å². The number of nitrogens with one attached hydrogen (secondary N) is 1. The van der Waals surface area contributed by atoms with E-state index in [2.05, 4.69) is 21.2 Å². The number of hydrogen-bond donors (Lipinski definition) is 3. The molecule has 0 saturated carbocycles. The van der Waals surface area contributed by atoms with Crippen LogP contribution in [0, 0.1) is 6.92 Å². The molecule has 98 valence electrons. The number of carbonyl (C=O) groups excluding carboxylic acids is 1. The van der Waals surface area contributed by atoms with Gasteiger partial charge in [0.1, 0.15) is 0 Å². The van der Waals surface area contributed by atoms with Gasteiger partial charge >= 0.3 is 0 Å². The predicted molar refractivity (Wildman–Crippen MR) is 76.6 cm³/mol. The topological polar surface area (TPSA) is 69.6 Å². The second-order valence-corrected chi connectivity index (χ2v) is 4.95. The van der Waals surface area contributed by atoms with E-state index in [4.69, 9.17) is 0 Å². The number of amides is 1. The van der Waals surface area contributed by atoms with Gasteiger partial charge in [0.2, 0.25) is 0 Å². The number of carbonyl (C=O) groups is 1. The lowest BCUT2D eigenvalue weighted by atomic mass is 10.1. The average Bonchev–Trinajstić information content (AvgIpc) is 2.37. The van der Waals surface area contributed by atoms with Crippen LogP contribution in [0.25, 0.3) is 0 Å². The first-order valence-corrected chi connectivity index (χ1v) is 6.37. The quantitative estimate of drug-likeness (QED) is 0.742. The third kappa shape index (κ3) is 2.88. The molecule has 2 aromatic rings. The van der Waals surface area contributed by atoms with Crippen molar-refractivity contribution in [3.63, 3.8) is 0 Å². The third-order valence-electron chi connectivity index (χ3n) is 2.69. The summed E-state index contributed by atoms with van der Waals surface area (Å²) in [5.74, 6) is -1.23. The molecule has 0 aliphatic heterocycles. The number of para-hydroxylation sites is 1. The monoisotopic (exact) mass is 321 g/mol. The molecule has 0 radical (unpaired) electrons. The van der Waals surface area contributed by atoms with Crippen LogP contribution in [0.15, 0.2) is 40.9 Å². The van der Waals surface area contributed by atoms with Crippen molar-refractivity contribution >= 4 is 27.5 Å². The lowest BCUT2D eigenvalue weighted by molar-refractivity contribution is 0.102. The highest BCUT2D eigenvalue weighted by Gasteiger charge is 2.14. The van der Waals surface area contributed by atoms with Gasteiger partial charge in [-0.05, 0) is 36.8 Å². The Bertz CT molecular complexity index is 641. The zero-order valence-corrected chi connectivity index (χ0v) is 11.7. The molecular formula is C14H12BrNO3. The molecule has 19 heavy (non-hydrogen) atoms. The van der Waals surface area contributed by atoms with Gasteiger partial charge in [0, 0.05) is 10.2 Å². The number of anilines is 1. The Morgan fingerprint density at radius 2 is 1.95 bits per heavy atom. The van der Waals surface area contributed by atoms with E-state index in [1.54, 1.807) is 12.1 Å². The van der Waals surface area contributed by atoms with E-state index in [0.717, 1.165) is 10.0 Å². The number of aryl methyl sites for hydroxylation is 1. The molecule has 2 aromatic carbocycles. The smallest absolute Gasteiger partial charge is 0.259 e. The van der Waals surface area contributed by atoms with Gasteiger partial charge in [-0.25, -0.2) is 0 Å². The van der Waals surface area contributed by atoms with Crippen molar-refractivity contribution in [1.82, 2.24) is 0 Å². The van der Waals surface area contributed by atoms with Crippen molar-refractivity contribution < 1.29 is 15.0 Å². The number of rotatable bonds is 2. The van der Waals surface area contributed by atoms with E-state index in [-0.39, 0.29) is 11.3 Å². The molecule has 0 fully saturated rings. The van der Waals surface area contributed by atoms with Crippen LogP contribution >= 0.6 is 15.9 Å². The first-order valence-electron chi connectivity index (χ1n) is 5.57. The lowest BCUT2D eigenvalue weighted by Crippen LogP contribution is -2.12. The SMILES string of the molecule is Cc1ccc(NC(=O)c2cccc(O)c2O)cc1Br. The molecule has 1 amide bonds. The minimum atomic E-state index is -0.482. The van der Waals surface area contributed by atoms with Crippen LogP contribution in [0.1, 0.15) is 15.9 Å². The minimum Gasteiger partial charge on any atom is -0.504 e. The second kappa shape index (κ2) is 5.32. The molecule has 5 heteroatoms. The van der Waals surface area contributed by atoms with E-state index in [9.17, 15) is 15.0 Å². The van der Waals surface area contributed by atoms with Gasteiger partial charge in [0.15, 0.2) is 11.5 Å². The maximum atomic E-state index is 12.0. The maximum absolute atomic E-state index is 12.0. The summed E-state index contributed by atoms with van der Waals surface area (Å²) in [5.41, 5.74) is 1.68. The van der Waals surface area contributed by atoms with E-state index < -0.39 is 11.7 Å². The maximum Gasteiger partial charge on any atom is 0.259 e. The van der Waals surface area contributed by atoms with E-state index in [1.165, 1.54) is 18.2 Å². The number of phenols is 2. The van der Waals surface area contributed by atoms with E-state index in [1.807, 2.05) is 13.0 Å². The Morgan fingerprint density at radius 1 is 1.21 bits per heavy atom. The normalized spacial score (nSPS) is 10.2. The largest absolute Gasteiger partial charge is 0.504 e. The van der Waals surface area contributed by atoms with Crippen molar-refractivity contribution in [2.75, 3.05) is 5.32 Å². The molecule has 0 bridgehead atoms. The predicted octanol–water partition coefficient (Wildman–Crippen LogP) is 3.42. The summed E-state index contributed by atoms with van der Waals surface area (Å²) in [6, 6.07) is 9.64. The molecule has 0 aromatic heterocycles. The van der Waals surface area contributed by atoms with Gasteiger partial charge in [-0.2, -0.15) is 0 Å². The fraction of sp³-hybridized carbons (Fsp3) is 0.0714. The molecular weight excluding hydrogens is 310 g/mol. The zero-order valence-electron chi connectivity index (χ0n) is 10.1. The van der Waals surface area contributed by atoms with Crippen LogP contribution in [0.5, 0.6) is 11.5 Å². The molecule has 0 saturated heterocycles. The average molecular weight is 322 g/mol. The summed E-state index contributed by atoms with van der Waals surface area (Å²) in [7, 11) is 0. The van der Waals surface area contributed by atoms with Crippen molar-refractivity contribution in [3.8, 4) is 11.5 Å². The molecule has 3 N–H and O–H groups in total. The molecule has 0 atom stereocenters. The van der Waals surface area contributed by atoms with Crippen LogP contribution in [0.2, 0.25) is 0 Å². The van der Waals surface area contributed by atoms with Gasteiger partial charge < -0.3 is 15.5 Å². The Balaban J connectivity index is 2.26. The summed E-state index contributed by atoms with van der Waals surface area (Å²) in [5, 5.41) is 21.6. The highest BCUT2D eigenvalue weighted by atomic mass is 79.9. The first-order chi connectivity index (χ1) is 8.99. The zero-order chi connectivity index (χ0) is 14.0. The molecule has 0 heterocycles. The third-order valence-corrected chi connectivity index (χ3v) is 3.54. The standard InChI is InChI=1S/C14H12BrNO3/c1-8-5-6-9(7-11(8)15)16-14(19)10-3-2-4-12(17)13(10)18/h2-7,17-18H,1H3,(H,16,19). The van der Waals surface area contributed by atoms with Crippen LogP contribution in [-0.2, 0) is 0 Å². The van der Waals surface area contributed by atoms with Crippen LogP contribution < -0.4 is 5.32 Å². The van der Waals surface area contributed by atoms with Crippen molar-refractivity contribution in [2.24, 2.45) is 0 Å². The van der Waals surface area contributed by atoms with Crippen molar-refractivity contribution in [1.29, 1.82) is 0 Å². The van der Waals surface area contributed by atoms with Gasteiger partial charge in [0.25, 0.3) is 5.91 Å². The molecule has 0 aliphatic rings. The summed E-state index contributed by atoms with van der Waals surface area (Å²) < 4.78 is 0.880. The number of hydrogen-bond acceptors (Lipinski definition) is 3. The fourth-order valence-electron chi connectivity index (χ4n) is 1.58. The summed E-state index contributed by atoms with van der Waals surface area (Å²) in [6.45, 7) is 1.94. The number of halogens is 1. The highest BCUT2D eigenvalue weighted by molar-refractivity contribution is 9.10. The van der Waals surface area contributed by atoms with Crippen LogP contribution in [0.4, 0.5) is 5.69 Å². The number of benzene rings is 2. The Labute approximate surface area is 118 Å². The molecule has 4 nitrogen and oxygen atoms in total. The van der Waals surface area contributed by atoms with Crippen LogP contribution in [0.3, 0.4) is 0 Å². The highest BCUT2D eigenvalue weighted by Crippen LogP contribution is 2.29. The first kappa shape index (κ1) is 13.4. The van der Waals surface area contributed by atoms with Gasteiger partial charge in [-0.3, -0.25) is 4.79 Å².